The van der Waals surface area contributed by atoms with Crippen LogP contribution in [0.4, 0.5) is 5.82 Å². The zero-order chi connectivity index (χ0) is 20.8. The van der Waals surface area contributed by atoms with E-state index in [-0.39, 0.29) is 5.91 Å². The minimum atomic E-state index is 0.00255. The predicted molar refractivity (Wildman–Crippen MR) is 116 cm³/mol. The average Bonchev–Trinajstić information content (AvgIpc) is 2.83. The minimum absolute atomic E-state index is 0.00255. The van der Waals surface area contributed by atoms with Crippen molar-refractivity contribution in [2.24, 2.45) is 0 Å². The first-order valence-electron chi connectivity index (χ1n) is 9.80. The molecular formula is C24H22N4O2. The number of benzene rings is 1. The van der Waals surface area contributed by atoms with Gasteiger partial charge in [0.1, 0.15) is 11.6 Å². The van der Waals surface area contributed by atoms with Crippen molar-refractivity contribution < 1.29 is 9.53 Å². The molecule has 1 aliphatic rings. The fraction of sp³-hybridized carbons (Fsp3) is 0.208. The van der Waals surface area contributed by atoms with Crippen LogP contribution in [0.5, 0.6) is 5.75 Å². The standard InChI is InChI=1S/C24H22N4O2/c1-30-22-10-9-21(17-20(22)8-7-19-5-4-11-25-18-19)24(29)28-15-13-27(14-16-28)23-6-2-3-12-26-23/h2-6,9-12,17-18H,13-16H2,1H3. The monoisotopic (exact) mass is 398 g/mol. The van der Waals surface area contributed by atoms with Gasteiger partial charge in [0, 0.05) is 55.9 Å². The molecule has 150 valence electrons. The molecule has 1 fully saturated rings. The van der Waals surface area contributed by atoms with Gasteiger partial charge in [0.15, 0.2) is 0 Å². The van der Waals surface area contributed by atoms with E-state index in [9.17, 15) is 4.79 Å². The van der Waals surface area contributed by atoms with Gasteiger partial charge in [0.05, 0.1) is 12.7 Å². The topological polar surface area (TPSA) is 58.6 Å². The zero-order valence-electron chi connectivity index (χ0n) is 16.8. The highest BCUT2D eigenvalue weighted by molar-refractivity contribution is 5.95. The molecule has 0 radical (unpaired) electrons. The fourth-order valence-corrected chi connectivity index (χ4v) is 3.38. The SMILES string of the molecule is COc1ccc(C(=O)N2CCN(c3ccccn3)CC2)cc1C#Cc1cccnc1. The van der Waals surface area contributed by atoms with Gasteiger partial charge in [-0.15, -0.1) is 0 Å². The summed E-state index contributed by atoms with van der Waals surface area (Å²) in [6.07, 6.45) is 5.20. The van der Waals surface area contributed by atoms with Gasteiger partial charge in [0.25, 0.3) is 5.91 Å². The number of amides is 1. The highest BCUT2D eigenvalue weighted by atomic mass is 16.5. The van der Waals surface area contributed by atoms with E-state index in [4.69, 9.17) is 4.74 Å². The van der Waals surface area contributed by atoms with Gasteiger partial charge in [-0.3, -0.25) is 9.78 Å². The summed E-state index contributed by atoms with van der Waals surface area (Å²) in [4.78, 5) is 25.6. The second-order valence-corrected chi connectivity index (χ2v) is 6.87. The summed E-state index contributed by atoms with van der Waals surface area (Å²) in [5, 5.41) is 0. The molecule has 0 atom stereocenters. The van der Waals surface area contributed by atoms with Crippen molar-refractivity contribution >= 4 is 11.7 Å². The third kappa shape index (κ3) is 4.41. The summed E-state index contributed by atoms with van der Waals surface area (Å²) in [5.74, 6) is 7.77. The number of nitrogens with zero attached hydrogens (tertiary/aromatic N) is 4. The number of rotatable bonds is 3. The van der Waals surface area contributed by atoms with Gasteiger partial charge in [-0.25, -0.2) is 4.98 Å². The zero-order valence-corrected chi connectivity index (χ0v) is 16.8. The molecule has 0 spiro atoms. The number of hydrogen-bond acceptors (Lipinski definition) is 5. The molecule has 6 nitrogen and oxygen atoms in total. The van der Waals surface area contributed by atoms with Crippen molar-refractivity contribution in [2.75, 3.05) is 38.2 Å². The molecular weight excluding hydrogens is 376 g/mol. The Morgan fingerprint density at radius 1 is 1.00 bits per heavy atom. The van der Waals surface area contributed by atoms with Crippen molar-refractivity contribution in [1.29, 1.82) is 0 Å². The number of carbonyl (C=O) groups is 1. The van der Waals surface area contributed by atoms with Crippen LogP contribution >= 0.6 is 0 Å². The second-order valence-electron chi connectivity index (χ2n) is 6.87. The van der Waals surface area contributed by atoms with Gasteiger partial charge < -0.3 is 14.5 Å². The number of piperazine rings is 1. The third-order valence-electron chi connectivity index (χ3n) is 4.99. The van der Waals surface area contributed by atoms with Gasteiger partial charge in [-0.05, 0) is 42.5 Å². The highest BCUT2D eigenvalue weighted by Crippen LogP contribution is 2.21. The number of aromatic nitrogens is 2. The van der Waals surface area contributed by atoms with Gasteiger partial charge in [-0.1, -0.05) is 17.9 Å². The van der Waals surface area contributed by atoms with Gasteiger partial charge >= 0.3 is 0 Å². The summed E-state index contributed by atoms with van der Waals surface area (Å²) in [6.45, 7) is 2.81. The van der Waals surface area contributed by atoms with Gasteiger partial charge in [0.2, 0.25) is 0 Å². The van der Waals surface area contributed by atoms with Crippen molar-refractivity contribution in [3.8, 4) is 17.6 Å². The summed E-state index contributed by atoms with van der Waals surface area (Å²) in [6, 6.07) is 15.0. The van der Waals surface area contributed by atoms with Crippen LogP contribution in [-0.4, -0.2) is 54.1 Å². The lowest BCUT2D eigenvalue weighted by molar-refractivity contribution is 0.0746. The van der Waals surface area contributed by atoms with E-state index in [1.807, 2.05) is 35.2 Å². The first kappa shape index (κ1) is 19.5. The molecule has 0 N–H and O–H groups in total. The van der Waals surface area contributed by atoms with E-state index >= 15 is 0 Å². The van der Waals surface area contributed by atoms with Crippen LogP contribution in [0, 0.1) is 11.8 Å². The lowest BCUT2D eigenvalue weighted by Crippen LogP contribution is -2.49. The van der Waals surface area contributed by atoms with Crippen LogP contribution < -0.4 is 9.64 Å². The lowest BCUT2D eigenvalue weighted by atomic mass is 10.1. The van der Waals surface area contributed by atoms with Crippen LogP contribution in [0.25, 0.3) is 0 Å². The third-order valence-corrected chi connectivity index (χ3v) is 4.99. The summed E-state index contributed by atoms with van der Waals surface area (Å²) >= 11 is 0. The molecule has 6 heteroatoms. The molecule has 30 heavy (non-hydrogen) atoms. The first-order chi connectivity index (χ1) is 14.7. The summed E-state index contributed by atoms with van der Waals surface area (Å²) in [7, 11) is 1.60. The molecule has 0 unspecified atom stereocenters. The Balaban J connectivity index is 1.49. The van der Waals surface area contributed by atoms with E-state index in [2.05, 4.69) is 26.7 Å². The Kier molecular flexibility index (Phi) is 5.90. The molecule has 1 amide bonds. The molecule has 0 aliphatic carbocycles. The van der Waals surface area contributed by atoms with Crippen molar-refractivity contribution in [1.82, 2.24) is 14.9 Å². The van der Waals surface area contributed by atoms with Crippen LogP contribution in [0.1, 0.15) is 21.5 Å². The maximum atomic E-state index is 13.1. The molecule has 1 saturated heterocycles. The molecule has 0 bridgehead atoms. The first-order valence-corrected chi connectivity index (χ1v) is 9.80. The fourth-order valence-electron chi connectivity index (χ4n) is 3.38. The number of hydrogen-bond donors (Lipinski definition) is 0. The minimum Gasteiger partial charge on any atom is -0.495 e. The van der Waals surface area contributed by atoms with Crippen molar-refractivity contribution in [3.05, 3.63) is 83.8 Å². The van der Waals surface area contributed by atoms with E-state index in [1.165, 1.54) is 0 Å². The highest BCUT2D eigenvalue weighted by Gasteiger charge is 2.23. The summed E-state index contributed by atoms with van der Waals surface area (Å²) < 4.78 is 5.42. The number of carbonyl (C=O) groups excluding carboxylic acids is 1. The van der Waals surface area contributed by atoms with E-state index in [1.54, 1.807) is 43.9 Å². The lowest BCUT2D eigenvalue weighted by Gasteiger charge is -2.35. The molecule has 3 aromatic rings. The van der Waals surface area contributed by atoms with Crippen LogP contribution in [-0.2, 0) is 0 Å². The Bertz CT molecular complexity index is 1070. The quantitative estimate of drug-likeness (QED) is 0.635. The Morgan fingerprint density at radius 3 is 2.57 bits per heavy atom. The molecule has 4 rings (SSSR count). The number of methoxy groups -OCH3 is 1. The largest absolute Gasteiger partial charge is 0.495 e. The molecule has 2 aromatic heterocycles. The van der Waals surface area contributed by atoms with E-state index < -0.39 is 0 Å². The van der Waals surface area contributed by atoms with Crippen molar-refractivity contribution in [3.63, 3.8) is 0 Å². The summed E-state index contributed by atoms with van der Waals surface area (Å²) in [5.41, 5.74) is 2.10. The van der Waals surface area contributed by atoms with Crippen LogP contribution in [0.2, 0.25) is 0 Å². The maximum Gasteiger partial charge on any atom is 0.254 e. The number of pyridine rings is 2. The maximum absolute atomic E-state index is 13.1. The molecule has 1 aromatic carbocycles. The number of anilines is 1. The molecule has 1 aliphatic heterocycles. The predicted octanol–water partition coefficient (Wildman–Crippen LogP) is 2.85. The van der Waals surface area contributed by atoms with E-state index in [0.29, 0.717) is 30.0 Å². The second kappa shape index (κ2) is 9.10. The van der Waals surface area contributed by atoms with Crippen LogP contribution in [0.3, 0.4) is 0 Å². The van der Waals surface area contributed by atoms with Crippen molar-refractivity contribution in [2.45, 2.75) is 0 Å². The Hall–Kier alpha value is -3.85. The smallest absolute Gasteiger partial charge is 0.254 e. The van der Waals surface area contributed by atoms with Gasteiger partial charge in [-0.2, -0.15) is 0 Å². The normalized spacial score (nSPS) is 13.4. The molecule has 0 saturated carbocycles. The van der Waals surface area contributed by atoms with E-state index in [0.717, 1.165) is 24.5 Å². The number of ether oxygens (including phenoxy) is 1. The van der Waals surface area contributed by atoms with Crippen LogP contribution in [0.15, 0.2) is 67.1 Å². The molecule has 3 heterocycles. The average molecular weight is 398 g/mol. The Morgan fingerprint density at radius 2 is 1.87 bits per heavy atom. The Labute approximate surface area is 176 Å².